The number of rotatable bonds is 12. The highest BCUT2D eigenvalue weighted by molar-refractivity contribution is 7.99. The first-order chi connectivity index (χ1) is 15.9. The quantitative estimate of drug-likeness (QED) is 0.318. The predicted molar refractivity (Wildman–Crippen MR) is 141 cm³/mol. The summed E-state index contributed by atoms with van der Waals surface area (Å²) in [6, 6.07) is 29.3. The van der Waals surface area contributed by atoms with Crippen LogP contribution in [0.2, 0.25) is 0 Å². The maximum atomic E-state index is 12.9. The molecule has 0 radical (unpaired) electrons. The van der Waals surface area contributed by atoms with Crippen LogP contribution < -0.4 is 4.72 Å². The zero-order chi connectivity index (χ0) is 23.5. The van der Waals surface area contributed by atoms with Crippen molar-refractivity contribution in [3.63, 3.8) is 0 Å². The van der Waals surface area contributed by atoms with Gasteiger partial charge in [0, 0.05) is 12.3 Å². The largest absolute Gasteiger partial charge is 0.240 e. The van der Waals surface area contributed by atoms with E-state index in [2.05, 4.69) is 55.0 Å². The van der Waals surface area contributed by atoms with Gasteiger partial charge in [-0.2, -0.15) is 11.8 Å². The van der Waals surface area contributed by atoms with Crippen LogP contribution in [0.3, 0.4) is 0 Å². The fourth-order valence-electron chi connectivity index (χ4n) is 3.56. The van der Waals surface area contributed by atoms with Crippen LogP contribution in [-0.2, 0) is 22.9 Å². The van der Waals surface area contributed by atoms with Gasteiger partial charge in [-0.05, 0) is 47.8 Å². The molecule has 0 aliphatic carbocycles. The van der Waals surface area contributed by atoms with Crippen LogP contribution in [0.25, 0.3) is 0 Å². The number of hydrogen-bond acceptors (Lipinski definition) is 3. The molecular formula is C28H33NO2S2. The van der Waals surface area contributed by atoms with Gasteiger partial charge in [0.05, 0.1) is 4.90 Å². The summed E-state index contributed by atoms with van der Waals surface area (Å²) in [5.41, 5.74) is 4.87. The zero-order valence-corrected chi connectivity index (χ0v) is 21.0. The lowest BCUT2D eigenvalue weighted by Gasteiger charge is -2.18. The van der Waals surface area contributed by atoms with Crippen LogP contribution in [0.1, 0.15) is 25.0 Å². The Morgan fingerprint density at radius 3 is 1.76 bits per heavy atom. The first kappa shape index (κ1) is 25.3. The Kier molecular flexibility index (Phi) is 9.79. The molecule has 0 saturated heterocycles. The lowest BCUT2D eigenvalue weighted by molar-refractivity contribution is 0.584. The topological polar surface area (TPSA) is 46.2 Å². The Bertz CT molecular complexity index is 1110. The number of sulfonamides is 1. The van der Waals surface area contributed by atoms with Crippen LogP contribution in [0, 0.1) is 5.92 Å². The van der Waals surface area contributed by atoms with Crippen molar-refractivity contribution in [2.75, 3.05) is 18.1 Å². The van der Waals surface area contributed by atoms with Gasteiger partial charge in [-0.1, -0.05) is 104 Å². The SMILES string of the molecule is CC(C)CSC/C(Cc1ccccc1)=C(\CNS(=O)(=O)c1ccccc1)Cc1ccccc1. The average molecular weight is 480 g/mol. The molecule has 0 aliphatic heterocycles. The van der Waals surface area contributed by atoms with Crippen molar-refractivity contribution >= 4 is 21.8 Å². The zero-order valence-electron chi connectivity index (χ0n) is 19.4. The number of nitrogens with one attached hydrogen (secondary N) is 1. The molecule has 0 fully saturated rings. The van der Waals surface area contributed by atoms with Crippen LogP contribution >= 0.6 is 11.8 Å². The van der Waals surface area contributed by atoms with Gasteiger partial charge in [-0.25, -0.2) is 13.1 Å². The molecule has 174 valence electrons. The first-order valence-electron chi connectivity index (χ1n) is 11.3. The second-order valence-electron chi connectivity index (χ2n) is 8.58. The minimum absolute atomic E-state index is 0.294. The lowest BCUT2D eigenvalue weighted by Crippen LogP contribution is -2.27. The molecule has 1 N–H and O–H groups in total. The molecular weight excluding hydrogens is 446 g/mol. The third-order valence-electron chi connectivity index (χ3n) is 5.28. The van der Waals surface area contributed by atoms with Gasteiger partial charge < -0.3 is 0 Å². The van der Waals surface area contributed by atoms with Gasteiger partial charge in [0.1, 0.15) is 0 Å². The number of benzene rings is 3. The molecule has 0 saturated carbocycles. The summed E-state index contributed by atoms with van der Waals surface area (Å²) in [5.74, 6) is 2.58. The van der Waals surface area contributed by atoms with E-state index in [0.29, 0.717) is 17.4 Å². The molecule has 3 nitrogen and oxygen atoms in total. The van der Waals surface area contributed by atoms with Crippen molar-refractivity contribution in [3.05, 3.63) is 113 Å². The molecule has 0 amide bonds. The molecule has 5 heteroatoms. The fraction of sp³-hybridized carbons (Fsp3) is 0.286. The molecule has 0 bridgehead atoms. The van der Waals surface area contributed by atoms with Gasteiger partial charge in [0.15, 0.2) is 0 Å². The molecule has 0 heterocycles. The highest BCUT2D eigenvalue weighted by Gasteiger charge is 2.16. The molecule has 3 aromatic carbocycles. The lowest BCUT2D eigenvalue weighted by atomic mass is 9.96. The number of thioether (sulfide) groups is 1. The first-order valence-corrected chi connectivity index (χ1v) is 14.0. The molecule has 0 unspecified atom stereocenters. The summed E-state index contributed by atoms with van der Waals surface area (Å²) in [7, 11) is -3.58. The van der Waals surface area contributed by atoms with E-state index in [-0.39, 0.29) is 0 Å². The van der Waals surface area contributed by atoms with Crippen molar-refractivity contribution < 1.29 is 8.42 Å². The molecule has 0 atom stereocenters. The fourth-order valence-corrected chi connectivity index (χ4v) is 5.75. The van der Waals surface area contributed by atoms with Gasteiger partial charge >= 0.3 is 0 Å². The Morgan fingerprint density at radius 2 is 1.24 bits per heavy atom. The van der Waals surface area contributed by atoms with Crippen molar-refractivity contribution in [1.82, 2.24) is 4.72 Å². The van der Waals surface area contributed by atoms with Gasteiger partial charge in [0.25, 0.3) is 0 Å². The van der Waals surface area contributed by atoms with Gasteiger partial charge in [-0.15, -0.1) is 0 Å². The monoisotopic (exact) mass is 479 g/mol. The Balaban J connectivity index is 1.92. The minimum atomic E-state index is -3.58. The predicted octanol–water partition coefficient (Wildman–Crippen LogP) is 6.14. The summed E-state index contributed by atoms with van der Waals surface area (Å²) < 4.78 is 28.7. The van der Waals surface area contributed by atoms with Crippen molar-refractivity contribution in [1.29, 1.82) is 0 Å². The molecule has 0 spiro atoms. The van der Waals surface area contributed by atoms with E-state index in [1.165, 1.54) is 16.7 Å². The van der Waals surface area contributed by atoms with Crippen LogP contribution in [0.15, 0.2) is 107 Å². The van der Waals surface area contributed by atoms with Crippen LogP contribution in [0.5, 0.6) is 0 Å². The van der Waals surface area contributed by atoms with E-state index in [1.807, 2.05) is 42.1 Å². The molecule has 33 heavy (non-hydrogen) atoms. The Hall–Kier alpha value is -2.34. The molecule has 0 aliphatic rings. The smallest absolute Gasteiger partial charge is 0.207 e. The number of hydrogen-bond donors (Lipinski definition) is 1. The molecule has 3 aromatic rings. The van der Waals surface area contributed by atoms with Crippen molar-refractivity contribution in [3.8, 4) is 0 Å². The van der Waals surface area contributed by atoms with E-state index in [1.54, 1.807) is 24.3 Å². The Labute approximate surface area is 203 Å². The second kappa shape index (κ2) is 12.8. The van der Waals surface area contributed by atoms with E-state index in [4.69, 9.17) is 0 Å². The van der Waals surface area contributed by atoms with Gasteiger partial charge in [-0.3, -0.25) is 0 Å². The average Bonchev–Trinajstić information content (AvgIpc) is 2.83. The molecule has 3 rings (SSSR count). The maximum absolute atomic E-state index is 12.9. The van der Waals surface area contributed by atoms with Gasteiger partial charge in [0.2, 0.25) is 10.0 Å². The molecule has 0 aromatic heterocycles. The van der Waals surface area contributed by atoms with E-state index >= 15 is 0 Å². The van der Waals surface area contributed by atoms with E-state index < -0.39 is 10.0 Å². The van der Waals surface area contributed by atoms with E-state index in [9.17, 15) is 8.42 Å². The third kappa shape index (κ3) is 8.50. The van der Waals surface area contributed by atoms with Crippen molar-refractivity contribution in [2.24, 2.45) is 5.92 Å². The third-order valence-corrected chi connectivity index (χ3v) is 8.15. The minimum Gasteiger partial charge on any atom is -0.207 e. The maximum Gasteiger partial charge on any atom is 0.240 e. The highest BCUT2D eigenvalue weighted by Crippen LogP contribution is 2.22. The summed E-state index contributed by atoms with van der Waals surface area (Å²) >= 11 is 1.92. The normalized spacial score (nSPS) is 12.6. The Morgan fingerprint density at radius 1 is 0.758 bits per heavy atom. The van der Waals surface area contributed by atoms with Crippen LogP contribution in [-0.4, -0.2) is 26.5 Å². The summed E-state index contributed by atoms with van der Waals surface area (Å²) in [5, 5.41) is 0. The van der Waals surface area contributed by atoms with Crippen molar-refractivity contribution in [2.45, 2.75) is 31.6 Å². The highest BCUT2D eigenvalue weighted by atomic mass is 32.2. The second-order valence-corrected chi connectivity index (χ2v) is 11.4. The van der Waals surface area contributed by atoms with E-state index in [0.717, 1.165) is 29.9 Å². The van der Waals surface area contributed by atoms with Crippen LogP contribution in [0.4, 0.5) is 0 Å². The standard InChI is InChI=1S/C28H33NO2S2/c1-23(2)21-32-22-27(19-25-14-8-4-9-15-25)26(18-24-12-6-3-7-13-24)20-29-33(30,31)28-16-10-5-11-17-28/h3-17,23,29H,18-22H2,1-2H3/b27-26-. The summed E-state index contributed by atoms with van der Waals surface area (Å²) in [6.07, 6.45) is 1.55. The summed E-state index contributed by atoms with van der Waals surface area (Å²) in [4.78, 5) is 0.294. The summed E-state index contributed by atoms with van der Waals surface area (Å²) in [6.45, 7) is 4.76.